The highest BCUT2D eigenvalue weighted by Crippen LogP contribution is 2.13. The second-order valence-corrected chi connectivity index (χ2v) is 9.20. The monoisotopic (exact) mass is 516 g/mol. The van der Waals surface area contributed by atoms with Crippen LogP contribution in [0.1, 0.15) is 96.8 Å². The molecule has 1 rings (SSSR count). The van der Waals surface area contributed by atoms with Gasteiger partial charge in [-0.3, -0.25) is 9.79 Å². The quantitative estimate of drug-likeness (QED) is 0.110. The molecule has 11 heteroatoms. The van der Waals surface area contributed by atoms with Crippen LogP contribution in [0.4, 0.5) is 5.95 Å². The Kier molecular flexibility index (Phi) is 17.2. The highest BCUT2D eigenvalue weighted by molar-refractivity contribution is 6.31. The van der Waals surface area contributed by atoms with Crippen LogP contribution >= 0.6 is 23.2 Å². The molecule has 0 fully saturated rings. The molecule has 1 heterocycles. The highest BCUT2D eigenvalue weighted by atomic mass is 35.5. The van der Waals surface area contributed by atoms with Crippen molar-refractivity contribution < 1.29 is 4.79 Å². The molecule has 0 bridgehead atoms. The van der Waals surface area contributed by atoms with Crippen molar-refractivity contribution in [3.8, 4) is 0 Å². The number of aromatic nitrogens is 3. The van der Waals surface area contributed by atoms with Crippen molar-refractivity contribution in [2.75, 3.05) is 18.4 Å². The molecule has 0 aliphatic rings. The van der Waals surface area contributed by atoms with Crippen molar-refractivity contribution in [2.24, 2.45) is 16.5 Å². The van der Waals surface area contributed by atoms with Crippen molar-refractivity contribution in [3.05, 3.63) is 10.6 Å². The lowest BCUT2D eigenvalue weighted by Gasteiger charge is -2.18. The van der Waals surface area contributed by atoms with Crippen LogP contribution < -0.4 is 22.1 Å². The number of unbranched alkanes of at least 4 members (excludes halogenated alkanes) is 11. The topological polar surface area (TPSA) is 144 Å². The third kappa shape index (κ3) is 15.9. The standard InChI is InChI=1S/C23H42Cl2N8O/c1-2-3-4-5-6-7-8-9-10-11-12-13-16-28-19(34)18(15-14-17-29-22(26)27)30-23-32-20(24)31-21(25)33-23/h18H,2-17H2,1H3,(H,28,34)(H4,26,27,29)(H,30,31,32,33). The summed E-state index contributed by atoms with van der Waals surface area (Å²) >= 11 is 11.7. The fraction of sp³-hybridized carbons (Fsp3) is 0.783. The molecule has 0 aliphatic heterocycles. The Morgan fingerprint density at radius 3 is 1.91 bits per heavy atom. The van der Waals surface area contributed by atoms with E-state index in [1.165, 1.54) is 64.2 Å². The number of guanidine groups is 1. The summed E-state index contributed by atoms with van der Waals surface area (Å²) in [7, 11) is 0. The van der Waals surface area contributed by atoms with E-state index < -0.39 is 6.04 Å². The van der Waals surface area contributed by atoms with Gasteiger partial charge in [0, 0.05) is 13.1 Å². The van der Waals surface area contributed by atoms with Crippen molar-refractivity contribution in [1.82, 2.24) is 20.3 Å². The SMILES string of the molecule is CCCCCCCCCCCCCCNC(=O)C(CCCN=C(N)N)Nc1nc(Cl)nc(Cl)n1. The van der Waals surface area contributed by atoms with E-state index in [2.05, 4.69) is 37.5 Å². The molecule has 194 valence electrons. The molecule has 1 aromatic heterocycles. The first-order chi connectivity index (χ1) is 16.4. The predicted molar refractivity (Wildman–Crippen MR) is 141 cm³/mol. The second-order valence-electron chi connectivity index (χ2n) is 8.52. The Bertz CT molecular complexity index is 696. The molecule has 1 unspecified atom stereocenters. The molecule has 1 amide bonds. The van der Waals surface area contributed by atoms with Gasteiger partial charge in [-0.1, -0.05) is 77.6 Å². The number of nitrogens with two attached hydrogens (primary N) is 2. The maximum atomic E-state index is 12.8. The smallest absolute Gasteiger partial charge is 0.242 e. The van der Waals surface area contributed by atoms with Gasteiger partial charge in [0.2, 0.25) is 22.4 Å². The zero-order valence-electron chi connectivity index (χ0n) is 20.5. The predicted octanol–water partition coefficient (Wildman–Crippen LogP) is 4.83. The van der Waals surface area contributed by atoms with Gasteiger partial charge in [0.05, 0.1) is 0 Å². The van der Waals surface area contributed by atoms with Gasteiger partial charge >= 0.3 is 0 Å². The first-order valence-electron chi connectivity index (χ1n) is 12.6. The number of amides is 1. The highest BCUT2D eigenvalue weighted by Gasteiger charge is 2.19. The summed E-state index contributed by atoms with van der Waals surface area (Å²) in [5, 5.41) is 5.90. The lowest BCUT2D eigenvalue weighted by Crippen LogP contribution is -2.40. The van der Waals surface area contributed by atoms with Crippen LogP contribution in [0.5, 0.6) is 0 Å². The maximum Gasteiger partial charge on any atom is 0.242 e. The third-order valence-electron chi connectivity index (χ3n) is 5.48. The summed E-state index contributed by atoms with van der Waals surface area (Å²) in [5.74, 6) is 0.0368. The molecule has 9 nitrogen and oxygen atoms in total. The molecule has 0 saturated carbocycles. The van der Waals surface area contributed by atoms with Crippen LogP contribution in [0, 0.1) is 0 Å². The molecule has 0 aliphatic carbocycles. The van der Waals surface area contributed by atoms with Crippen molar-refractivity contribution in [1.29, 1.82) is 0 Å². The van der Waals surface area contributed by atoms with Gasteiger partial charge in [-0.25, -0.2) is 0 Å². The van der Waals surface area contributed by atoms with Gasteiger partial charge in [0.25, 0.3) is 0 Å². The minimum absolute atomic E-state index is 0.0250. The number of nitrogens with zero attached hydrogens (tertiary/aromatic N) is 4. The Morgan fingerprint density at radius 1 is 0.853 bits per heavy atom. The molecule has 0 saturated heterocycles. The second kappa shape index (κ2) is 19.4. The van der Waals surface area contributed by atoms with Crippen LogP contribution in [-0.2, 0) is 4.79 Å². The van der Waals surface area contributed by atoms with Gasteiger partial charge in [0.1, 0.15) is 6.04 Å². The molecule has 0 spiro atoms. The first kappa shape index (κ1) is 30.2. The summed E-state index contributed by atoms with van der Waals surface area (Å²) < 4.78 is 0. The number of halogens is 2. The minimum atomic E-state index is -0.568. The molecule has 0 radical (unpaired) electrons. The Labute approximate surface area is 214 Å². The number of carbonyl (C=O) groups excluding carboxylic acids is 1. The van der Waals surface area contributed by atoms with Gasteiger partial charge in [-0.2, -0.15) is 15.0 Å². The van der Waals surface area contributed by atoms with Crippen molar-refractivity contribution >= 4 is 41.0 Å². The van der Waals surface area contributed by atoms with E-state index in [-0.39, 0.29) is 28.4 Å². The fourth-order valence-electron chi connectivity index (χ4n) is 3.62. The Morgan fingerprint density at radius 2 is 1.38 bits per heavy atom. The van der Waals surface area contributed by atoms with E-state index in [1.807, 2.05) is 0 Å². The normalized spacial score (nSPS) is 11.7. The average molecular weight is 518 g/mol. The molecule has 0 aromatic carbocycles. The number of carbonyl (C=O) groups is 1. The van der Waals surface area contributed by atoms with Gasteiger partial charge in [-0.05, 0) is 42.5 Å². The zero-order valence-corrected chi connectivity index (χ0v) is 22.0. The third-order valence-corrected chi connectivity index (χ3v) is 5.81. The van der Waals surface area contributed by atoms with Crippen LogP contribution in [0.25, 0.3) is 0 Å². The first-order valence-corrected chi connectivity index (χ1v) is 13.3. The number of hydrogen-bond donors (Lipinski definition) is 4. The van der Waals surface area contributed by atoms with Crippen LogP contribution in [0.15, 0.2) is 4.99 Å². The Balaban J connectivity index is 2.29. The molecular weight excluding hydrogens is 475 g/mol. The van der Waals surface area contributed by atoms with E-state index in [0.29, 0.717) is 25.9 Å². The summed E-state index contributed by atoms with van der Waals surface area (Å²) in [6.45, 7) is 3.30. The van der Waals surface area contributed by atoms with Gasteiger partial charge < -0.3 is 22.1 Å². The maximum absolute atomic E-state index is 12.8. The van der Waals surface area contributed by atoms with E-state index in [1.54, 1.807) is 0 Å². The van der Waals surface area contributed by atoms with Crippen molar-refractivity contribution in [3.63, 3.8) is 0 Å². The van der Waals surface area contributed by atoms with Crippen LogP contribution in [-0.4, -0.2) is 46.0 Å². The summed E-state index contributed by atoms with van der Waals surface area (Å²) in [4.78, 5) is 28.4. The molecule has 1 aromatic rings. The van der Waals surface area contributed by atoms with Crippen LogP contribution in [0.2, 0.25) is 10.6 Å². The molecular formula is C23H42Cl2N8O. The van der Waals surface area contributed by atoms with E-state index in [0.717, 1.165) is 12.8 Å². The number of anilines is 1. The largest absolute Gasteiger partial charge is 0.370 e. The average Bonchev–Trinajstić information content (AvgIpc) is 2.78. The van der Waals surface area contributed by atoms with E-state index >= 15 is 0 Å². The van der Waals surface area contributed by atoms with E-state index in [9.17, 15) is 4.79 Å². The molecule has 6 N–H and O–H groups in total. The molecule has 1 atom stereocenters. The zero-order chi connectivity index (χ0) is 25.0. The number of nitrogens with one attached hydrogen (secondary N) is 2. The summed E-state index contributed by atoms with van der Waals surface area (Å²) in [6.07, 6.45) is 16.4. The lowest BCUT2D eigenvalue weighted by atomic mass is 10.1. The van der Waals surface area contributed by atoms with Gasteiger partial charge in [0.15, 0.2) is 5.96 Å². The Hall–Kier alpha value is -1.87. The lowest BCUT2D eigenvalue weighted by molar-refractivity contribution is -0.122. The summed E-state index contributed by atoms with van der Waals surface area (Å²) in [6, 6.07) is -0.568. The fourth-order valence-corrected chi connectivity index (χ4v) is 3.98. The number of rotatable bonds is 20. The number of aliphatic imine (C=N–C) groups is 1. The molecule has 34 heavy (non-hydrogen) atoms. The van der Waals surface area contributed by atoms with Crippen molar-refractivity contribution in [2.45, 2.75) is 103 Å². The van der Waals surface area contributed by atoms with Gasteiger partial charge in [-0.15, -0.1) is 0 Å². The summed E-state index contributed by atoms with van der Waals surface area (Å²) in [5.41, 5.74) is 10.7. The minimum Gasteiger partial charge on any atom is -0.370 e. The number of hydrogen-bond acceptors (Lipinski definition) is 6. The van der Waals surface area contributed by atoms with E-state index in [4.69, 9.17) is 34.7 Å². The van der Waals surface area contributed by atoms with Crippen LogP contribution in [0.3, 0.4) is 0 Å².